The summed E-state index contributed by atoms with van der Waals surface area (Å²) in [5, 5.41) is 3.47. The molecule has 116 valence electrons. The van der Waals surface area contributed by atoms with E-state index < -0.39 is 0 Å². The van der Waals surface area contributed by atoms with E-state index in [1.807, 2.05) is 13.0 Å². The van der Waals surface area contributed by atoms with E-state index in [0.29, 0.717) is 29.5 Å². The molecule has 0 heterocycles. The van der Waals surface area contributed by atoms with Crippen LogP contribution in [0.3, 0.4) is 0 Å². The molecule has 2 rings (SSSR count). The Balaban J connectivity index is 1.81. The normalized spacial score (nSPS) is 10.1. The molecule has 0 spiro atoms. The second-order valence-electron chi connectivity index (χ2n) is 4.74. The Hall–Kier alpha value is -2.20. The van der Waals surface area contributed by atoms with Gasteiger partial charge in [0, 0.05) is 10.6 Å². The Kier molecular flexibility index (Phi) is 5.67. The van der Waals surface area contributed by atoms with Gasteiger partial charge in [0.05, 0.1) is 13.7 Å². The smallest absolute Gasteiger partial charge is 0.251 e. The van der Waals surface area contributed by atoms with Crippen molar-refractivity contribution in [3.05, 3.63) is 58.6 Å². The van der Waals surface area contributed by atoms with Gasteiger partial charge >= 0.3 is 0 Å². The zero-order valence-corrected chi connectivity index (χ0v) is 13.3. The van der Waals surface area contributed by atoms with Gasteiger partial charge in [-0.2, -0.15) is 0 Å². The van der Waals surface area contributed by atoms with Crippen molar-refractivity contribution in [3.8, 4) is 11.5 Å². The van der Waals surface area contributed by atoms with Crippen molar-refractivity contribution < 1.29 is 14.3 Å². The Labute approximate surface area is 135 Å². The monoisotopic (exact) mass is 319 g/mol. The second-order valence-corrected chi connectivity index (χ2v) is 5.18. The average Bonchev–Trinajstić information content (AvgIpc) is 2.53. The zero-order valence-electron chi connectivity index (χ0n) is 12.6. The molecule has 0 saturated carbocycles. The number of carbonyl (C=O) groups is 1. The van der Waals surface area contributed by atoms with Crippen LogP contribution >= 0.6 is 11.6 Å². The van der Waals surface area contributed by atoms with Crippen molar-refractivity contribution in [1.29, 1.82) is 0 Å². The van der Waals surface area contributed by atoms with Gasteiger partial charge in [-0.05, 0) is 48.9 Å². The predicted octanol–water partition coefficient (Wildman–Crippen LogP) is 3.47. The van der Waals surface area contributed by atoms with Crippen molar-refractivity contribution >= 4 is 17.5 Å². The molecule has 0 saturated heterocycles. The molecule has 2 aromatic rings. The van der Waals surface area contributed by atoms with Crippen molar-refractivity contribution in [2.75, 3.05) is 20.3 Å². The summed E-state index contributed by atoms with van der Waals surface area (Å²) in [6.45, 7) is 2.73. The molecule has 0 aliphatic heterocycles. The number of ether oxygens (including phenoxy) is 2. The Bertz CT molecular complexity index is 641. The highest BCUT2D eigenvalue weighted by Crippen LogP contribution is 2.19. The van der Waals surface area contributed by atoms with E-state index in [4.69, 9.17) is 21.1 Å². The third-order valence-corrected chi connectivity index (χ3v) is 3.39. The molecule has 0 aliphatic rings. The van der Waals surface area contributed by atoms with Gasteiger partial charge in [0.2, 0.25) is 0 Å². The molecule has 0 unspecified atom stereocenters. The molecule has 0 radical (unpaired) electrons. The fraction of sp³-hybridized carbons (Fsp3) is 0.235. The van der Waals surface area contributed by atoms with Gasteiger partial charge < -0.3 is 14.8 Å². The van der Waals surface area contributed by atoms with E-state index in [0.717, 1.165) is 11.3 Å². The van der Waals surface area contributed by atoms with Crippen LogP contribution in [-0.2, 0) is 0 Å². The number of nitrogens with one attached hydrogen (secondary N) is 1. The fourth-order valence-electron chi connectivity index (χ4n) is 1.93. The maximum atomic E-state index is 12.0. The minimum absolute atomic E-state index is 0.155. The number of rotatable bonds is 6. The molecular formula is C17H18ClNO3. The summed E-state index contributed by atoms with van der Waals surface area (Å²) >= 11 is 5.80. The van der Waals surface area contributed by atoms with Crippen LogP contribution in [0.15, 0.2) is 42.5 Å². The quantitative estimate of drug-likeness (QED) is 0.829. The first kappa shape index (κ1) is 16.2. The number of carbonyl (C=O) groups excluding carboxylic acids is 1. The lowest BCUT2D eigenvalue weighted by Gasteiger charge is -2.09. The van der Waals surface area contributed by atoms with Gasteiger partial charge in [-0.25, -0.2) is 0 Å². The minimum atomic E-state index is -0.155. The number of aryl methyl sites for hydroxylation is 1. The molecular weight excluding hydrogens is 302 g/mol. The number of methoxy groups -OCH3 is 1. The van der Waals surface area contributed by atoms with Crippen molar-refractivity contribution in [2.45, 2.75) is 6.92 Å². The first-order chi connectivity index (χ1) is 10.6. The van der Waals surface area contributed by atoms with Gasteiger partial charge in [0.15, 0.2) is 0 Å². The minimum Gasteiger partial charge on any atom is -0.496 e. The molecule has 1 N–H and O–H groups in total. The highest BCUT2D eigenvalue weighted by molar-refractivity contribution is 6.30. The van der Waals surface area contributed by atoms with E-state index in [-0.39, 0.29) is 5.91 Å². The maximum absolute atomic E-state index is 12.0. The number of hydrogen-bond acceptors (Lipinski definition) is 3. The SMILES string of the molecule is COc1cc(C(=O)NCCOc2ccc(Cl)cc2)ccc1C. The van der Waals surface area contributed by atoms with Crippen LogP contribution in [0.1, 0.15) is 15.9 Å². The van der Waals surface area contributed by atoms with E-state index in [9.17, 15) is 4.79 Å². The maximum Gasteiger partial charge on any atom is 0.251 e. The number of amides is 1. The predicted molar refractivity (Wildman–Crippen MR) is 87.0 cm³/mol. The van der Waals surface area contributed by atoms with Gasteiger partial charge in [-0.15, -0.1) is 0 Å². The number of benzene rings is 2. The lowest BCUT2D eigenvalue weighted by molar-refractivity contribution is 0.0946. The molecule has 0 bridgehead atoms. The summed E-state index contributed by atoms with van der Waals surface area (Å²) < 4.78 is 10.7. The molecule has 0 atom stereocenters. The molecule has 0 aliphatic carbocycles. The topological polar surface area (TPSA) is 47.6 Å². The summed E-state index contributed by atoms with van der Waals surface area (Å²) in [6, 6.07) is 12.4. The highest BCUT2D eigenvalue weighted by Gasteiger charge is 2.08. The first-order valence-corrected chi connectivity index (χ1v) is 7.29. The van der Waals surface area contributed by atoms with Crippen molar-refractivity contribution in [1.82, 2.24) is 5.32 Å². The molecule has 5 heteroatoms. The van der Waals surface area contributed by atoms with Crippen LogP contribution in [0.25, 0.3) is 0 Å². The van der Waals surface area contributed by atoms with Crippen LogP contribution in [0.5, 0.6) is 11.5 Å². The summed E-state index contributed by atoms with van der Waals surface area (Å²) in [4.78, 5) is 12.0. The molecule has 4 nitrogen and oxygen atoms in total. The van der Waals surface area contributed by atoms with Crippen molar-refractivity contribution in [3.63, 3.8) is 0 Å². The van der Waals surface area contributed by atoms with Crippen molar-refractivity contribution in [2.24, 2.45) is 0 Å². The third-order valence-electron chi connectivity index (χ3n) is 3.14. The average molecular weight is 320 g/mol. The second kappa shape index (κ2) is 7.71. The van der Waals surface area contributed by atoms with Crippen LogP contribution in [0.4, 0.5) is 0 Å². The fourth-order valence-corrected chi connectivity index (χ4v) is 2.05. The Morgan fingerprint density at radius 1 is 1.18 bits per heavy atom. The van der Waals surface area contributed by atoms with E-state index in [1.165, 1.54) is 0 Å². The Morgan fingerprint density at radius 3 is 2.59 bits per heavy atom. The summed E-state index contributed by atoms with van der Waals surface area (Å²) in [5.41, 5.74) is 1.55. The Morgan fingerprint density at radius 2 is 1.91 bits per heavy atom. The number of hydrogen-bond donors (Lipinski definition) is 1. The molecule has 22 heavy (non-hydrogen) atoms. The largest absolute Gasteiger partial charge is 0.496 e. The molecule has 2 aromatic carbocycles. The van der Waals surface area contributed by atoms with Crippen LogP contribution in [0, 0.1) is 6.92 Å². The molecule has 0 fully saturated rings. The molecule has 0 aromatic heterocycles. The van der Waals surface area contributed by atoms with E-state index in [1.54, 1.807) is 43.5 Å². The standard InChI is InChI=1S/C17H18ClNO3/c1-12-3-4-13(11-16(12)21-2)17(20)19-9-10-22-15-7-5-14(18)6-8-15/h3-8,11H,9-10H2,1-2H3,(H,19,20). The van der Waals surface area contributed by atoms with Crippen LogP contribution in [0.2, 0.25) is 5.02 Å². The van der Waals surface area contributed by atoms with E-state index >= 15 is 0 Å². The van der Waals surface area contributed by atoms with E-state index in [2.05, 4.69) is 5.32 Å². The van der Waals surface area contributed by atoms with Gasteiger partial charge in [0.1, 0.15) is 18.1 Å². The molecule has 1 amide bonds. The van der Waals surface area contributed by atoms with Crippen LogP contribution in [-0.4, -0.2) is 26.2 Å². The first-order valence-electron chi connectivity index (χ1n) is 6.91. The third kappa shape index (κ3) is 4.40. The lowest BCUT2D eigenvalue weighted by atomic mass is 10.1. The van der Waals surface area contributed by atoms with Gasteiger partial charge in [-0.3, -0.25) is 4.79 Å². The lowest BCUT2D eigenvalue weighted by Crippen LogP contribution is -2.28. The summed E-state index contributed by atoms with van der Waals surface area (Å²) in [7, 11) is 1.59. The highest BCUT2D eigenvalue weighted by atomic mass is 35.5. The zero-order chi connectivity index (χ0) is 15.9. The summed E-state index contributed by atoms with van der Waals surface area (Å²) in [6.07, 6.45) is 0. The number of halogens is 1. The summed E-state index contributed by atoms with van der Waals surface area (Å²) in [5.74, 6) is 1.26. The van der Waals surface area contributed by atoms with Gasteiger partial charge in [-0.1, -0.05) is 17.7 Å². The van der Waals surface area contributed by atoms with Crippen LogP contribution < -0.4 is 14.8 Å². The van der Waals surface area contributed by atoms with Gasteiger partial charge in [0.25, 0.3) is 5.91 Å².